The third kappa shape index (κ3) is 4.06. The number of carbonyl (C=O) groups excluding carboxylic acids is 1. The van der Waals surface area contributed by atoms with E-state index in [0.29, 0.717) is 3.57 Å². The summed E-state index contributed by atoms with van der Waals surface area (Å²) >= 11 is 3.67. The summed E-state index contributed by atoms with van der Waals surface area (Å²) in [5.74, 6) is -12.7. The third-order valence-electron chi connectivity index (χ3n) is 2.78. The van der Waals surface area contributed by atoms with Gasteiger partial charge in [0.25, 0.3) is 0 Å². The summed E-state index contributed by atoms with van der Waals surface area (Å²) in [6.45, 7) is 0. The van der Waals surface area contributed by atoms with Crippen molar-refractivity contribution in [2.24, 2.45) is 0 Å². The molecule has 2 aromatic carbocycles. The van der Waals surface area contributed by atoms with Crippen LogP contribution in [0.15, 0.2) is 23.1 Å². The maximum Gasteiger partial charge on any atom is 0.344 e. The van der Waals surface area contributed by atoms with Gasteiger partial charge in [-0.2, -0.15) is 8.78 Å². The number of carbonyl (C=O) groups is 1. The Labute approximate surface area is 165 Å². The molecule has 0 heterocycles. The van der Waals surface area contributed by atoms with E-state index in [0.717, 1.165) is 3.57 Å². The molecule has 0 unspecified atom stereocenters. The zero-order valence-corrected chi connectivity index (χ0v) is 16.6. The van der Waals surface area contributed by atoms with E-state index in [-0.39, 0.29) is 5.56 Å². The highest BCUT2D eigenvalue weighted by molar-refractivity contribution is 14.1. The Kier molecular flexibility index (Phi) is 5.95. The number of rotatable bonds is 3. The summed E-state index contributed by atoms with van der Waals surface area (Å²) in [4.78, 5) is 9.64. The van der Waals surface area contributed by atoms with Crippen LogP contribution in [0, 0.1) is 30.4 Å². The zero-order valence-electron chi connectivity index (χ0n) is 11.4. The maximum absolute atomic E-state index is 13.8. The van der Waals surface area contributed by atoms with Gasteiger partial charge in [-0.25, -0.2) is 22.0 Å². The molecule has 0 bridgehead atoms. The van der Waals surface area contributed by atoms with Crippen molar-refractivity contribution in [1.29, 1.82) is 0 Å². The Hall–Kier alpha value is -1.00. The van der Waals surface area contributed by atoms with Gasteiger partial charge in [0.2, 0.25) is 17.4 Å². The standard InChI is InChI=1S/C13H4F4I2O5S/c14-7-9(16)12(25(21,22)23)10(17)8(15)11(7)24-13(20)5-2-1-4(18)3-6(5)19/h1-3H,(H,21,22,23)/p-1. The number of ether oxygens (including phenoxy) is 1. The van der Waals surface area contributed by atoms with Crippen LogP contribution in [0.3, 0.4) is 0 Å². The quantitative estimate of drug-likeness (QED) is 0.134. The Morgan fingerprint density at radius 1 is 1.00 bits per heavy atom. The first-order valence-electron chi connectivity index (χ1n) is 5.94. The van der Waals surface area contributed by atoms with E-state index in [9.17, 15) is 35.3 Å². The number of hydrogen-bond donors (Lipinski definition) is 0. The summed E-state index contributed by atoms with van der Waals surface area (Å²) in [7, 11) is -5.84. The molecule has 0 fully saturated rings. The van der Waals surface area contributed by atoms with Crippen LogP contribution in [0.1, 0.15) is 10.4 Å². The van der Waals surface area contributed by atoms with Crippen LogP contribution in [-0.2, 0) is 10.1 Å². The fraction of sp³-hybridized carbons (Fsp3) is 0. The second-order valence-corrected chi connectivity index (χ2v) is 8.11. The second kappa shape index (κ2) is 7.32. The van der Waals surface area contributed by atoms with Crippen molar-refractivity contribution in [3.63, 3.8) is 0 Å². The Bertz CT molecular complexity index is 965. The summed E-state index contributed by atoms with van der Waals surface area (Å²) < 4.78 is 92.5. The smallest absolute Gasteiger partial charge is 0.344 e. The Morgan fingerprint density at radius 3 is 1.96 bits per heavy atom. The molecule has 0 amide bonds. The number of halogens is 6. The Morgan fingerprint density at radius 2 is 1.52 bits per heavy atom. The van der Waals surface area contributed by atoms with Crippen molar-refractivity contribution in [2.75, 3.05) is 0 Å². The summed E-state index contributed by atoms with van der Waals surface area (Å²) in [6.07, 6.45) is 0. The van der Waals surface area contributed by atoms with Crippen LogP contribution in [0.4, 0.5) is 17.6 Å². The van der Waals surface area contributed by atoms with Crippen molar-refractivity contribution in [3.8, 4) is 5.75 Å². The lowest BCUT2D eigenvalue weighted by molar-refractivity contribution is 0.0715. The van der Waals surface area contributed by atoms with Gasteiger partial charge in [-0.3, -0.25) is 0 Å². The van der Waals surface area contributed by atoms with Gasteiger partial charge in [-0.1, -0.05) is 0 Å². The van der Waals surface area contributed by atoms with Gasteiger partial charge >= 0.3 is 5.97 Å². The monoisotopic (exact) mass is 601 g/mol. The third-order valence-corrected chi connectivity index (χ3v) is 5.20. The highest BCUT2D eigenvalue weighted by atomic mass is 127. The number of benzene rings is 2. The average molecular weight is 601 g/mol. The number of hydrogen-bond acceptors (Lipinski definition) is 5. The lowest BCUT2D eigenvalue weighted by Gasteiger charge is -2.14. The fourth-order valence-electron chi connectivity index (χ4n) is 1.70. The van der Waals surface area contributed by atoms with Gasteiger partial charge in [0.05, 0.1) is 5.56 Å². The molecule has 134 valence electrons. The molecule has 5 nitrogen and oxygen atoms in total. The van der Waals surface area contributed by atoms with Crippen molar-refractivity contribution in [1.82, 2.24) is 0 Å². The molecule has 0 atom stereocenters. The van der Waals surface area contributed by atoms with Crippen LogP contribution in [-0.4, -0.2) is 18.9 Å². The van der Waals surface area contributed by atoms with Gasteiger partial charge in [-0.15, -0.1) is 0 Å². The topological polar surface area (TPSA) is 83.5 Å². The largest absolute Gasteiger partial charge is 0.744 e. The molecule has 0 spiro atoms. The minimum absolute atomic E-state index is 0.152. The first-order valence-corrected chi connectivity index (χ1v) is 9.50. The van der Waals surface area contributed by atoms with Crippen molar-refractivity contribution in [2.45, 2.75) is 4.90 Å². The predicted molar refractivity (Wildman–Crippen MR) is 91.1 cm³/mol. The van der Waals surface area contributed by atoms with Crippen LogP contribution < -0.4 is 4.74 Å². The number of esters is 1. The molecule has 12 heteroatoms. The van der Waals surface area contributed by atoms with Crippen LogP contribution in [0.5, 0.6) is 5.75 Å². The van der Waals surface area contributed by atoms with E-state index in [2.05, 4.69) is 4.74 Å². The predicted octanol–water partition coefficient (Wildman–Crippen LogP) is 3.58. The molecule has 2 rings (SSSR count). The average Bonchev–Trinajstić information content (AvgIpc) is 2.48. The molecule has 2 aromatic rings. The van der Waals surface area contributed by atoms with Crippen LogP contribution in [0.2, 0.25) is 0 Å². The summed E-state index contributed by atoms with van der Waals surface area (Å²) in [6, 6.07) is 4.25. The minimum atomic E-state index is -5.84. The molecule has 0 aliphatic rings. The van der Waals surface area contributed by atoms with Crippen molar-refractivity contribution >= 4 is 61.3 Å². The second-order valence-electron chi connectivity index (χ2n) is 4.38. The molecule has 0 aliphatic heterocycles. The molecule has 0 aliphatic carbocycles. The molecular weight excluding hydrogens is 598 g/mol. The molecule has 0 N–H and O–H groups in total. The van der Waals surface area contributed by atoms with E-state index in [4.69, 9.17) is 0 Å². The van der Waals surface area contributed by atoms with E-state index in [1.807, 2.05) is 22.6 Å². The first kappa shape index (κ1) is 20.3. The van der Waals surface area contributed by atoms with Gasteiger partial charge < -0.3 is 9.29 Å². The molecule has 0 saturated carbocycles. The SMILES string of the molecule is O=C(Oc1c(F)c(F)c(S(=O)(=O)[O-])c(F)c1F)c1ccc(I)cc1I. The minimum Gasteiger partial charge on any atom is -0.744 e. The molecule has 0 aromatic heterocycles. The van der Waals surface area contributed by atoms with Gasteiger partial charge in [-0.05, 0) is 63.4 Å². The van der Waals surface area contributed by atoms with Crippen molar-refractivity contribution in [3.05, 3.63) is 54.2 Å². The highest BCUT2D eigenvalue weighted by Crippen LogP contribution is 2.33. The highest BCUT2D eigenvalue weighted by Gasteiger charge is 2.31. The Balaban J connectivity index is 2.56. The van der Waals surface area contributed by atoms with E-state index in [1.165, 1.54) is 18.2 Å². The van der Waals surface area contributed by atoms with Gasteiger partial charge in [0.15, 0.2) is 11.6 Å². The lowest BCUT2D eigenvalue weighted by atomic mass is 10.2. The van der Waals surface area contributed by atoms with Gasteiger partial charge in [0.1, 0.15) is 15.0 Å². The molecule has 25 heavy (non-hydrogen) atoms. The van der Waals surface area contributed by atoms with Gasteiger partial charge in [0, 0.05) is 7.14 Å². The lowest BCUT2D eigenvalue weighted by Crippen LogP contribution is -2.16. The summed E-state index contributed by atoms with van der Waals surface area (Å²) in [5.41, 5.74) is -0.152. The van der Waals surface area contributed by atoms with Crippen LogP contribution >= 0.6 is 45.2 Å². The van der Waals surface area contributed by atoms with E-state index in [1.54, 1.807) is 22.6 Å². The molecule has 0 radical (unpaired) electrons. The molecular formula is C13H3F4I2O5S-. The van der Waals surface area contributed by atoms with E-state index >= 15 is 0 Å². The molecule has 0 saturated heterocycles. The normalized spacial score (nSPS) is 11.5. The first-order chi connectivity index (χ1) is 11.4. The summed E-state index contributed by atoms with van der Waals surface area (Å²) in [5, 5.41) is 0. The van der Waals surface area contributed by atoms with Crippen molar-refractivity contribution < 1.29 is 40.1 Å². The van der Waals surface area contributed by atoms with E-state index < -0.39 is 50.0 Å². The van der Waals surface area contributed by atoms with Crippen LogP contribution in [0.25, 0.3) is 0 Å². The maximum atomic E-state index is 13.8. The zero-order chi connectivity index (χ0) is 19.1. The fourth-order valence-corrected chi connectivity index (χ4v) is 4.14.